The van der Waals surface area contributed by atoms with E-state index < -0.39 is 17.1 Å². The smallest absolute Gasteiger partial charge is 0.249 e. The molecule has 0 atom stereocenters. The number of amides is 3. The molecule has 6 aromatic carbocycles. The molecule has 0 aromatic heterocycles. The Morgan fingerprint density at radius 2 is 0.938 bits per heavy atom. The van der Waals surface area contributed by atoms with Crippen molar-refractivity contribution in [1.29, 1.82) is 0 Å². The minimum absolute atomic E-state index is 0.0222. The average molecular weight is 889 g/mol. The first-order valence-corrected chi connectivity index (χ1v) is 21.9. The fourth-order valence-electron chi connectivity index (χ4n) is 7.91. The summed E-state index contributed by atoms with van der Waals surface area (Å²) in [6.07, 6.45) is 6.38. The Hall–Kier alpha value is -7.27. The first-order chi connectivity index (χ1) is 31.5. The van der Waals surface area contributed by atoms with Crippen molar-refractivity contribution in [2.45, 2.75) is 37.5 Å². The second-order valence-corrected chi connectivity index (χ2v) is 15.9. The lowest BCUT2D eigenvalue weighted by atomic mass is 9.86. The monoisotopic (exact) mass is 888 g/mol. The number of rotatable bonds is 12. The molecule has 2 aliphatic heterocycles. The molecule has 0 spiro atoms. The van der Waals surface area contributed by atoms with E-state index in [1.165, 1.54) is 11.6 Å². The number of piperidine rings is 2. The highest BCUT2D eigenvalue weighted by Gasteiger charge is 2.24. The maximum absolute atomic E-state index is 12.1. The van der Waals surface area contributed by atoms with Crippen LogP contribution in [0.4, 0.5) is 0 Å². The fourth-order valence-corrected chi connectivity index (χ4v) is 7.91. The topological polar surface area (TPSA) is 154 Å². The van der Waals surface area contributed by atoms with Crippen LogP contribution in [0.5, 0.6) is 23.0 Å². The van der Waals surface area contributed by atoms with Gasteiger partial charge in [0.25, 0.3) is 0 Å². The van der Waals surface area contributed by atoms with Crippen molar-refractivity contribution < 1.29 is 28.7 Å². The Morgan fingerprint density at radius 3 is 1.31 bits per heavy atom. The zero-order valence-electron chi connectivity index (χ0n) is 36.2. The number of carbonyl (C=O) groups is 4. The van der Waals surface area contributed by atoms with E-state index in [2.05, 4.69) is 30.6 Å². The Kier molecular flexibility index (Phi) is 17.0. The maximum Gasteiger partial charge on any atom is 0.249 e. The van der Waals surface area contributed by atoms with Gasteiger partial charge in [-0.15, -0.1) is 0 Å². The van der Waals surface area contributed by atoms with Gasteiger partial charge in [0.15, 0.2) is 0 Å². The highest BCUT2D eigenvalue weighted by atomic mass is 35.5. The second-order valence-electron chi connectivity index (χ2n) is 15.6. The van der Waals surface area contributed by atoms with Crippen molar-refractivity contribution >= 4 is 34.6 Å². The van der Waals surface area contributed by atoms with Gasteiger partial charge in [-0.2, -0.15) is 0 Å². The number of hydrogen-bond donors (Lipinski definition) is 3. The van der Waals surface area contributed by atoms with Crippen LogP contribution in [0.15, 0.2) is 171 Å². The lowest BCUT2D eigenvalue weighted by Crippen LogP contribution is -2.36. The summed E-state index contributed by atoms with van der Waals surface area (Å²) in [4.78, 5) is 47.2. The SMILES string of the molecule is C=CC(=O)Cl.C=CC(=O)N1CCC(c2ccc(C(N)=O)c(-c3ccc(Oc4ccccc4)cc3)c2)CC1.NC(=O)c1ccc(C2CCNCC2)cc1-c1ccc(Oc2ccccc2)cc1. The van der Waals surface area contributed by atoms with Gasteiger partial charge in [-0.25, -0.2) is 0 Å². The van der Waals surface area contributed by atoms with Crippen LogP contribution in [0.1, 0.15) is 69.4 Å². The fraction of sp³-hybridized carbons (Fsp3) is 0.185. The number of allylic oxidation sites excluding steroid dienone is 1. The molecule has 10 nitrogen and oxygen atoms in total. The van der Waals surface area contributed by atoms with E-state index in [9.17, 15) is 19.2 Å². The number of primary amides is 2. The van der Waals surface area contributed by atoms with E-state index in [0.29, 0.717) is 36.1 Å². The largest absolute Gasteiger partial charge is 0.457 e. The van der Waals surface area contributed by atoms with Crippen LogP contribution in [-0.2, 0) is 9.59 Å². The first kappa shape index (κ1) is 47.2. The number of nitrogens with one attached hydrogen (secondary N) is 1. The van der Waals surface area contributed by atoms with E-state index in [4.69, 9.17) is 32.5 Å². The normalized spacial score (nSPS) is 13.7. The average Bonchev–Trinajstić information content (AvgIpc) is 3.35. The summed E-state index contributed by atoms with van der Waals surface area (Å²) >= 11 is 4.71. The quantitative estimate of drug-likeness (QED) is 0.0816. The number of benzene rings is 6. The van der Waals surface area contributed by atoms with E-state index >= 15 is 0 Å². The van der Waals surface area contributed by atoms with Gasteiger partial charge in [0, 0.05) is 24.2 Å². The summed E-state index contributed by atoms with van der Waals surface area (Å²) in [5, 5.41) is 2.89. The molecule has 0 aliphatic carbocycles. The highest BCUT2D eigenvalue weighted by Crippen LogP contribution is 2.35. The van der Waals surface area contributed by atoms with E-state index in [1.807, 2.05) is 138 Å². The van der Waals surface area contributed by atoms with Crippen LogP contribution in [0.2, 0.25) is 0 Å². The molecule has 8 rings (SSSR count). The standard InChI is InChI=1S/C27H26N2O3.C24H24N2O2.C3H3ClO/c1-2-26(30)29-16-14-19(15-17-29)21-10-13-24(27(28)31)25(18-21)20-8-11-23(12-9-20)32-22-6-4-3-5-7-22;25-24(27)22-11-8-19(17-12-14-26-15-13-17)16-23(22)18-6-9-21(10-7-18)28-20-4-2-1-3-5-20;1-2-3(4)5/h2-13,18-19H,1,14-17H2,(H2,28,31);1-11,16-17,26H,12-15H2,(H2,25,27);2H,1H2. The summed E-state index contributed by atoms with van der Waals surface area (Å²) in [7, 11) is 0. The number of hydrogen-bond acceptors (Lipinski definition) is 7. The van der Waals surface area contributed by atoms with Crippen LogP contribution in [-0.4, -0.2) is 54.0 Å². The minimum atomic E-state index is -0.509. The number of nitrogens with zero attached hydrogens (tertiary/aromatic N) is 1. The number of ether oxygens (including phenoxy) is 2. The van der Waals surface area contributed by atoms with Gasteiger partial charge in [0.2, 0.25) is 23.0 Å². The summed E-state index contributed by atoms with van der Waals surface area (Å²) in [6, 6.07) is 46.6. The van der Waals surface area contributed by atoms with E-state index in [1.54, 1.807) is 0 Å². The summed E-state index contributed by atoms with van der Waals surface area (Å²) in [5.41, 5.74) is 18.3. The zero-order chi connectivity index (χ0) is 46.1. The van der Waals surface area contributed by atoms with Crippen molar-refractivity contribution in [3.63, 3.8) is 0 Å². The molecule has 0 radical (unpaired) electrons. The highest BCUT2D eigenvalue weighted by molar-refractivity contribution is 6.66. The second kappa shape index (κ2) is 23.4. The van der Waals surface area contributed by atoms with Crippen LogP contribution in [0.25, 0.3) is 22.3 Å². The molecule has 2 heterocycles. The summed E-state index contributed by atoms with van der Waals surface area (Å²) in [6.45, 7) is 10.1. The van der Waals surface area contributed by atoms with Crippen LogP contribution < -0.4 is 26.3 Å². The van der Waals surface area contributed by atoms with Crippen molar-refractivity contribution in [2.75, 3.05) is 26.2 Å². The molecular formula is C54H53ClN4O6. The van der Waals surface area contributed by atoms with Gasteiger partial charge in [0.1, 0.15) is 23.0 Å². The molecule has 2 fully saturated rings. The predicted octanol–water partition coefficient (Wildman–Crippen LogP) is 10.8. The number of nitrogens with two attached hydrogens (primary N) is 2. The Balaban J connectivity index is 0.000000197. The lowest BCUT2D eigenvalue weighted by molar-refractivity contribution is -0.127. The van der Waals surface area contributed by atoms with Crippen molar-refractivity contribution in [3.05, 3.63) is 193 Å². The van der Waals surface area contributed by atoms with E-state index in [0.717, 1.165) is 95.7 Å². The van der Waals surface area contributed by atoms with Gasteiger partial charge in [-0.3, -0.25) is 19.2 Å². The first-order valence-electron chi connectivity index (χ1n) is 21.5. The van der Waals surface area contributed by atoms with Gasteiger partial charge >= 0.3 is 0 Å². The van der Waals surface area contributed by atoms with Gasteiger partial charge in [0.05, 0.1) is 0 Å². The molecule has 2 saturated heterocycles. The number of likely N-dealkylation sites (tertiary alicyclic amines) is 1. The Labute approximate surface area is 385 Å². The molecule has 65 heavy (non-hydrogen) atoms. The van der Waals surface area contributed by atoms with Crippen molar-refractivity contribution in [2.24, 2.45) is 11.5 Å². The van der Waals surface area contributed by atoms with Crippen LogP contribution >= 0.6 is 11.6 Å². The van der Waals surface area contributed by atoms with Crippen LogP contribution in [0, 0.1) is 0 Å². The zero-order valence-corrected chi connectivity index (χ0v) is 36.9. The number of para-hydroxylation sites is 2. The molecule has 332 valence electrons. The summed E-state index contributed by atoms with van der Waals surface area (Å²) < 4.78 is 11.7. The number of halogens is 1. The van der Waals surface area contributed by atoms with Crippen molar-refractivity contribution in [1.82, 2.24) is 10.2 Å². The molecule has 0 unspecified atom stereocenters. The lowest BCUT2D eigenvalue weighted by Gasteiger charge is -2.31. The molecule has 0 saturated carbocycles. The molecule has 3 amide bonds. The predicted molar refractivity (Wildman–Crippen MR) is 258 cm³/mol. The minimum Gasteiger partial charge on any atom is -0.457 e. The molecule has 11 heteroatoms. The molecule has 0 bridgehead atoms. The van der Waals surface area contributed by atoms with Crippen LogP contribution in [0.3, 0.4) is 0 Å². The molecule has 2 aliphatic rings. The Bertz CT molecular complexity index is 2570. The summed E-state index contributed by atoms with van der Waals surface area (Å²) in [5.74, 6) is 2.99. The van der Waals surface area contributed by atoms with Gasteiger partial charge in [-0.1, -0.05) is 98.1 Å². The number of carbonyl (C=O) groups excluding carboxylic acids is 4. The van der Waals surface area contributed by atoms with Gasteiger partial charge < -0.3 is 31.2 Å². The molecular weight excluding hydrogens is 836 g/mol. The third kappa shape index (κ3) is 13.4. The maximum atomic E-state index is 12.1. The van der Waals surface area contributed by atoms with E-state index in [-0.39, 0.29) is 5.91 Å². The molecule has 5 N–H and O–H groups in total. The molecule has 6 aromatic rings. The van der Waals surface area contributed by atoms with Gasteiger partial charge in [-0.05, 0) is 168 Å². The Morgan fingerprint density at radius 1 is 0.554 bits per heavy atom. The van der Waals surface area contributed by atoms with Crippen molar-refractivity contribution in [3.8, 4) is 45.3 Å². The third-order valence-corrected chi connectivity index (χ3v) is 11.5. The third-order valence-electron chi connectivity index (χ3n) is 11.3.